The van der Waals surface area contributed by atoms with Crippen LogP contribution in [0.4, 0.5) is 5.69 Å². The van der Waals surface area contributed by atoms with E-state index in [9.17, 15) is 14.4 Å². The van der Waals surface area contributed by atoms with E-state index < -0.39 is 17.4 Å². The van der Waals surface area contributed by atoms with Crippen molar-refractivity contribution in [2.45, 2.75) is 31.8 Å². The summed E-state index contributed by atoms with van der Waals surface area (Å²) in [6, 6.07) is 19.3. The fourth-order valence-electron chi connectivity index (χ4n) is 7.00. The highest BCUT2D eigenvalue weighted by atomic mass is 35.5. The summed E-state index contributed by atoms with van der Waals surface area (Å²) in [5.74, 6) is -1.16. The Morgan fingerprint density at radius 1 is 1.00 bits per heavy atom. The summed E-state index contributed by atoms with van der Waals surface area (Å²) in [6.45, 7) is 4.18. The number of hydrogen-bond donors (Lipinski definition) is 1. The Bertz CT molecular complexity index is 1800. The Morgan fingerprint density at radius 3 is 2.52 bits per heavy atom. The van der Waals surface area contributed by atoms with Gasteiger partial charge in [-0.05, 0) is 48.7 Å². The van der Waals surface area contributed by atoms with Crippen molar-refractivity contribution in [1.82, 2.24) is 14.9 Å². The van der Waals surface area contributed by atoms with Crippen molar-refractivity contribution in [2.24, 2.45) is 17.8 Å². The first-order valence-corrected chi connectivity index (χ1v) is 13.8. The Labute approximate surface area is 235 Å². The van der Waals surface area contributed by atoms with Crippen molar-refractivity contribution < 1.29 is 14.3 Å². The quantitative estimate of drug-likeness (QED) is 0.375. The molecule has 4 heterocycles. The molecule has 4 atom stereocenters. The smallest absolute Gasteiger partial charge is 0.266 e. The van der Waals surface area contributed by atoms with E-state index in [1.807, 2.05) is 36.4 Å². The minimum Gasteiger partial charge on any atom is -0.495 e. The number of nitrogens with one attached hydrogen (secondary N) is 1. The lowest BCUT2D eigenvalue weighted by Gasteiger charge is -2.32. The van der Waals surface area contributed by atoms with Crippen LogP contribution in [0, 0.1) is 17.8 Å². The first kappa shape index (κ1) is 25.0. The van der Waals surface area contributed by atoms with E-state index >= 15 is 0 Å². The van der Waals surface area contributed by atoms with Crippen LogP contribution in [0.3, 0.4) is 0 Å². The Kier molecular flexibility index (Phi) is 5.46. The van der Waals surface area contributed by atoms with Gasteiger partial charge in [0.15, 0.2) is 0 Å². The summed E-state index contributed by atoms with van der Waals surface area (Å²) >= 11 is 6.33. The van der Waals surface area contributed by atoms with Gasteiger partial charge in [-0.1, -0.05) is 55.8 Å². The van der Waals surface area contributed by atoms with Crippen molar-refractivity contribution in [2.75, 3.05) is 12.0 Å². The third kappa shape index (κ3) is 3.17. The monoisotopic (exact) mass is 554 g/mol. The normalized spacial score (nSPS) is 24.7. The number of methoxy groups -OCH3 is 1. The molecule has 7 rings (SSSR count). The van der Waals surface area contributed by atoms with Gasteiger partial charge >= 0.3 is 0 Å². The zero-order valence-electron chi connectivity index (χ0n) is 22.2. The predicted octanol–water partition coefficient (Wildman–Crippen LogP) is 4.43. The molecule has 3 aliphatic heterocycles. The number of carbonyl (C=O) groups is 2. The molecule has 9 heteroatoms. The molecule has 40 heavy (non-hydrogen) atoms. The van der Waals surface area contributed by atoms with Crippen molar-refractivity contribution in [3.63, 3.8) is 0 Å². The number of hydrogen-bond acceptors (Lipinski definition) is 6. The third-order valence-corrected chi connectivity index (χ3v) is 8.70. The lowest BCUT2D eigenvalue weighted by molar-refractivity contribution is -0.123. The molecule has 1 aromatic heterocycles. The van der Waals surface area contributed by atoms with Gasteiger partial charge in [-0.25, -0.2) is 9.88 Å². The van der Waals surface area contributed by atoms with Crippen LogP contribution in [0.25, 0.3) is 16.6 Å². The lowest BCUT2D eigenvalue weighted by Crippen LogP contribution is -2.50. The number of aromatic nitrogens is 2. The van der Waals surface area contributed by atoms with Crippen LogP contribution >= 0.6 is 11.6 Å². The predicted molar refractivity (Wildman–Crippen MR) is 152 cm³/mol. The molecule has 0 aliphatic carbocycles. The summed E-state index contributed by atoms with van der Waals surface area (Å²) in [5, 5.41) is 4.61. The van der Waals surface area contributed by atoms with Gasteiger partial charge < -0.3 is 4.74 Å². The number of imide groups is 1. The van der Waals surface area contributed by atoms with E-state index in [0.717, 1.165) is 5.56 Å². The van der Waals surface area contributed by atoms with Crippen LogP contribution in [0.5, 0.6) is 5.75 Å². The Morgan fingerprint density at radius 2 is 1.75 bits per heavy atom. The van der Waals surface area contributed by atoms with Gasteiger partial charge in [0.2, 0.25) is 11.8 Å². The summed E-state index contributed by atoms with van der Waals surface area (Å²) in [4.78, 5) is 49.0. The number of halogens is 1. The molecule has 2 fully saturated rings. The largest absolute Gasteiger partial charge is 0.495 e. The standard InChI is InChI=1S/C31H27ClN4O4/c1-16(2)14-21-25-26(29(39)35(28(25)38)23-15-17(32)12-13-24(23)40-3)31(34-21)19-9-5-7-11-22(19)36-27(37)18-8-4-6-10-20(18)33-30(31)36/h4-13,15-16,21,25-26,34H,14H2,1-3H3/t21-,25-,26+,31-/m0/s1. The van der Waals surface area contributed by atoms with Crippen molar-refractivity contribution in [1.29, 1.82) is 0 Å². The molecular weight excluding hydrogens is 528 g/mol. The molecule has 4 aromatic rings. The number of fused-ring (bicyclic) bond motifs is 8. The zero-order valence-corrected chi connectivity index (χ0v) is 23.0. The van der Waals surface area contributed by atoms with E-state index in [4.69, 9.17) is 21.3 Å². The van der Waals surface area contributed by atoms with Crippen LogP contribution in [0.2, 0.25) is 5.02 Å². The molecule has 2 saturated heterocycles. The SMILES string of the molecule is COc1ccc(Cl)cc1N1C(=O)[C@H]2[C@H](CC(C)C)N[C@@]3(c4ccccc4-n4c3nc3ccccc3c4=O)[C@H]2C1=O. The first-order chi connectivity index (χ1) is 19.3. The average molecular weight is 555 g/mol. The fourth-order valence-corrected chi connectivity index (χ4v) is 7.17. The topological polar surface area (TPSA) is 93.5 Å². The minimum absolute atomic E-state index is 0.208. The Balaban J connectivity index is 1.52. The van der Waals surface area contributed by atoms with Crippen LogP contribution in [0.1, 0.15) is 31.7 Å². The van der Waals surface area contributed by atoms with E-state index in [1.165, 1.54) is 12.0 Å². The number of para-hydroxylation sites is 2. The summed E-state index contributed by atoms with van der Waals surface area (Å²) in [6.07, 6.45) is 0.655. The van der Waals surface area contributed by atoms with Gasteiger partial charge in [0.05, 0.1) is 41.2 Å². The minimum atomic E-state index is -1.18. The van der Waals surface area contributed by atoms with E-state index in [0.29, 0.717) is 45.3 Å². The second-order valence-electron chi connectivity index (χ2n) is 11.1. The van der Waals surface area contributed by atoms with Gasteiger partial charge in [0.25, 0.3) is 5.56 Å². The van der Waals surface area contributed by atoms with Crippen LogP contribution in [-0.2, 0) is 15.1 Å². The maximum atomic E-state index is 14.6. The van der Waals surface area contributed by atoms with Crippen molar-refractivity contribution in [3.05, 3.63) is 93.5 Å². The molecule has 0 bridgehead atoms. The second kappa shape index (κ2) is 8.74. The maximum absolute atomic E-state index is 14.6. The first-order valence-electron chi connectivity index (χ1n) is 13.4. The summed E-state index contributed by atoms with van der Waals surface area (Å²) < 4.78 is 7.15. The Hall–Kier alpha value is -4.01. The molecule has 1 N–H and O–H groups in total. The van der Waals surface area contributed by atoms with E-state index in [-0.39, 0.29) is 29.3 Å². The summed E-state index contributed by atoms with van der Waals surface area (Å²) in [7, 11) is 1.49. The van der Waals surface area contributed by atoms with Gasteiger partial charge in [0, 0.05) is 16.6 Å². The van der Waals surface area contributed by atoms with Gasteiger partial charge in [-0.3, -0.25) is 24.3 Å². The molecule has 1 spiro atoms. The maximum Gasteiger partial charge on any atom is 0.266 e. The highest BCUT2D eigenvalue weighted by Crippen LogP contribution is 2.56. The highest BCUT2D eigenvalue weighted by Gasteiger charge is 2.70. The number of amides is 2. The highest BCUT2D eigenvalue weighted by molar-refractivity contribution is 6.31. The van der Waals surface area contributed by atoms with Crippen molar-refractivity contribution >= 4 is 40.0 Å². The molecule has 2 amide bonds. The van der Waals surface area contributed by atoms with E-state index in [1.54, 1.807) is 34.9 Å². The second-order valence-corrected chi connectivity index (χ2v) is 11.6. The molecular formula is C31H27ClN4O4. The zero-order chi connectivity index (χ0) is 27.9. The van der Waals surface area contributed by atoms with Gasteiger partial charge in [0.1, 0.15) is 17.1 Å². The molecule has 0 radical (unpaired) electrons. The van der Waals surface area contributed by atoms with Crippen molar-refractivity contribution in [3.8, 4) is 11.4 Å². The number of carbonyl (C=O) groups excluding carboxylic acids is 2. The molecule has 0 saturated carbocycles. The lowest BCUT2D eigenvalue weighted by atomic mass is 9.75. The molecule has 202 valence electrons. The van der Waals surface area contributed by atoms with E-state index in [2.05, 4.69) is 19.2 Å². The summed E-state index contributed by atoms with van der Waals surface area (Å²) in [5.41, 5.74) is 0.890. The average Bonchev–Trinajstić information content (AvgIpc) is 3.51. The molecule has 3 aliphatic rings. The molecule has 3 aromatic carbocycles. The third-order valence-electron chi connectivity index (χ3n) is 8.47. The van der Waals surface area contributed by atoms with Crippen LogP contribution in [0.15, 0.2) is 71.5 Å². The number of anilines is 1. The fraction of sp³-hybridized carbons (Fsp3) is 0.290. The van der Waals surface area contributed by atoms with Crippen LogP contribution < -0.4 is 20.5 Å². The van der Waals surface area contributed by atoms with Gasteiger partial charge in [-0.2, -0.15) is 0 Å². The van der Waals surface area contributed by atoms with Gasteiger partial charge in [-0.15, -0.1) is 0 Å². The number of ether oxygens (including phenoxy) is 1. The molecule has 8 nitrogen and oxygen atoms in total. The number of nitrogens with zero attached hydrogens (tertiary/aromatic N) is 3. The molecule has 0 unspecified atom stereocenters. The number of benzene rings is 3. The van der Waals surface area contributed by atoms with Crippen LogP contribution in [-0.4, -0.2) is 34.5 Å². The number of rotatable bonds is 4.